The molecule has 1 amide bonds. The van der Waals surface area contributed by atoms with Crippen LogP contribution in [0.4, 0.5) is 5.69 Å². The minimum atomic E-state index is -4.08. The van der Waals surface area contributed by atoms with Crippen LogP contribution in [0, 0.1) is 25.7 Å². The van der Waals surface area contributed by atoms with E-state index in [1.165, 1.54) is 0 Å². The van der Waals surface area contributed by atoms with Gasteiger partial charge in [-0.2, -0.15) is 0 Å². The van der Waals surface area contributed by atoms with Gasteiger partial charge in [-0.15, -0.1) is 0 Å². The van der Waals surface area contributed by atoms with Gasteiger partial charge in [0.2, 0.25) is 5.91 Å². The highest BCUT2D eigenvalue weighted by atomic mass is 32.2. The van der Waals surface area contributed by atoms with E-state index in [4.69, 9.17) is 9.26 Å². The molecule has 0 radical (unpaired) electrons. The Morgan fingerprint density at radius 1 is 1.22 bits per heavy atom. The summed E-state index contributed by atoms with van der Waals surface area (Å²) in [5, 5.41) is 6.86. The lowest BCUT2D eigenvalue weighted by Crippen LogP contribution is -2.48. The van der Waals surface area contributed by atoms with E-state index in [1.54, 1.807) is 38.1 Å². The van der Waals surface area contributed by atoms with Gasteiger partial charge >= 0.3 is 0 Å². The van der Waals surface area contributed by atoms with Gasteiger partial charge in [-0.3, -0.25) is 9.10 Å². The number of aryl methyl sites for hydroxylation is 2. The number of aromatic nitrogens is 1. The zero-order valence-corrected chi connectivity index (χ0v) is 20.2. The molecule has 3 atom stereocenters. The second kappa shape index (κ2) is 9.94. The van der Waals surface area contributed by atoms with E-state index in [-0.39, 0.29) is 34.8 Å². The molecule has 1 aliphatic rings. The smallest absolute Gasteiger partial charge is 0.270 e. The van der Waals surface area contributed by atoms with Crippen LogP contribution in [0.15, 0.2) is 33.7 Å². The number of hydrogen-bond donors (Lipinski definition) is 1. The summed E-state index contributed by atoms with van der Waals surface area (Å²) in [7, 11) is -4.08. The SMILES string of the molecule is CCOc1ccc(N(CC(=O)N[C@@H]2CCC[C@@H](C)[C@@H]2C)S(=O)(=O)c2c(C)noc2C)cc1. The van der Waals surface area contributed by atoms with Gasteiger partial charge < -0.3 is 14.6 Å². The van der Waals surface area contributed by atoms with E-state index < -0.39 is 10.0 Å². The molecule has 0 bridgehead atoms. The summed E-state index contributed by atoms with van der Waals surface area (Å²) < 4.78 is 38.9. The highest BCUT2D eigenvalue weighted by Crippen LogP contribution is 2.31. The Balaban J connectivity index is 1.91. The van der Waals surface area contributed by atoms with Crippen LogP contribution in [0.3, 0.4) is 0 Å². The number of nitrogens with one attached hydrogen (secondary N) is 1. The Kier molecular flexibility index (Phi) is 7.48. The van der Waals surface area contributed by atoms with Crippen molar-refractivity contribution in [1.82, 2.24) is 10.5 Å². The predicted molar refractivity (Wildman–Crippen MR) is 122 cm³/mol. The molecule has 1 heterocycles. The molecule has 1 saturated carbocycles. The third-order valence-electron chi connectivity index (χ3n) is 6.29. The number of amides is 1. The number of benzene rings is 1. The van der Waals surface area contributed by atoms with E-state index in [9.17, 15) is 13.2 Å². The van der Waals surface area contributed by atoms with Crippen molar-refractivity contribution < 1.29 is 22.5 Å². The summed E-state index contributed by atoms with van der Waals surface area (Å²) in [4.78, 5) is 13.0. The summed E-state index contributed by atoms with van der Waals surface area (Å²) >= 11 is 0. The van der Waals surface area contributed by atoms with Crippen molar-refractivity contribution in [2.75, 3.05) is 17.5 Å². The number of hydrogen-bond acceptors (Lipinski definition) is 6. The minimum absolute atomic E-state index is 0.0150. The highest BCUT2D eigenvalue weighted by molar-refractivity contribution is 7.93. The van der Waals surface area contributed by atoms with Crippen LogP contribution in [0.1, 0.15) is 51.5 Å². The largest absolute Gasteiger partial charge is 0.494 e. The number of carbonyl (C=O) groups excluding carboxylic acids is 1. The van der Waals surface area contributed by atoms with Crippen LogP contribution >= 0.6 is 0 Å². The van der Waals surface area contributed by atoms with Gasteiger partial charge in [-0.25, -0.2) is 8.42 Å². The van der Waals surface area contributed by atoms with Crippen molar-refractivity contribution in [3.05, 3.63) is 35.7 Å². The zero-order chi connectivity index (χ0) is 23.5. The number of ether oxygens (including phenoxy) is 1. The van der Waals surface area contributed by atoms with Gasteiger partial charge in [0.15, 0.2) is 10.7 Å². The summed E-state index contributed by atoms with van der Waals surface area (Å²) in [6.07, 6.45) is 3.10. The first-order valence-electron chi connectivity index (χ1n) is 11.1. The summed E-state index contributed by atoms with van der Waals surface area (Å²) in [5.41, 5.74) is 0.627. The average Bonchev–Trinajstić information content (AvgIpc) is 3.09. The fraction of sp³-hybridized carbons (Fsp3) is 0.565. The Hall–Kier alpha value is -2.55. The molecule has 0 aliphatic heterocycles. The second-order valence-corrected chi connectivity index (χ2v) is 10.3. The first-order chi connectivity index (χ1) is 15.1. The average molecular weight is 464 g/mol. The maximum absolute atomic E-state index is 13.6. The van der Waals surface area contributed by atoms with Gasteiger partial charge in [0, 0.05) is 6.04 Å². The lowest BCUT2D eigenvalue weighted by molar-refractivity contribution is -0.121. The van der Waals surface area contributed by atoms with Crippen molar-refractivity contribution in [3.63, 3.8) is 0 Å². The molecule has 176 valence electrons. The molecule has 0 saturated heterocycles. The Morgan fingerprint density at radius 3 is 2.50 bits per heavy atom. The normalized spacial score (nSPS) is 21.2. The van der Waals surface area contributed by atoms with Gasteiger partial charge in [-0.05, 0) is 63.3 Å². The van der Waals surface area contributed by atoms with Crippen LogP contribution in [-0.2, 0) is 14.8 Å². The molecule has 1 aliphatic carbocycles. The monoisotopic (exact) mass is 463 g/mol. The number of anilines is 1. The molecule has 1 aromatic heterocycles. The molecular weight excluding hydrogens is 430 g/mol. The Labute approximate surface area is 190 Å². The molecule has 2 aromatic rings. The zero-order valence-electron chi connectivity index (χ0n) is 19.4. The Morgan fingerprint density at radius 2 is 1.91 bits per heavy atom. The van der Waals surface area contributed by atoms with Crippen molar-refractivity contribution in [3.8, 4) is 5.75 Å². The lowest BCUT2D eigenvalue weighted by Gasteiger charge is -2.35. The van der Waals surface area contributed by atoms with E-state index in [0.717, 1.165) is 23.6 Å². The van der Waals surface area contributed by atoms with E-state index in [0.29, 0.717) is 29.9 Å². The lowest BCUT2D eigenvalue weighted by atomic mass is 9.78. The summed E-state index contributed by atoms with van der Waals surface area (Å²) in [6, 6.07) is 6.70. The third kappa shape index (κ3) is 5.09. The van der Waals surface area contributed by atoms with E-state index >= 15 is 0 Å². The topological polar surface area (TPSA) is 102 Å². The molecule has 8 nitrogen and oxygen atoms in total. The van der Waals surface area contributed by atoms with Gasteiger partial charge in [0.25, 0.3) is 10.0 Å². The fourth-order valence-corrected chi connectivity index (χ4v) is 6.03. The van der Waals surface area contributed by atoms with Crippen molar-refractivity contribution >= 4 is 21.6 Å². The van der Waals surface area contributed by atoms with Crippen LogP contribution in [0.5, 0.6) is 5.75 Å². The minimum Gasteiger partial charge on any atom is -0.494 e. The fourth-order valence-electron chi connectivity index (χ4n) is 4.31. The molecular formula is C23H33N3O5S. The molecule has 0 unspecified atom stereocenters. The van der Waals surface area contributed by atoms with Crippen LogP contribution in [0.25, 0.3) is 0 Å². The molecule has 3 rings (SSSR count). The molecule has 9 heteroatoms. The van der Waals surface area contributed by atoms with Crippen molar-refractivity contribution in [1.29, 1.82) is 0 Å². The maximum Gasteiger partial charge on any atom is 0.270 e. The van der Waals surface area contributed by atoms with E-state index in [1.807, 2.05) is 6.92 Å². The first kappa shape index (κ1) is 24.1. The van der Waals surface area contributed by atoms with Crippen LogP contribution < -0.4 is 14.4 Å². The second-order valence-electron chi connectivity index (χ2n) is 8.53. The van der Waals surface area contributed by atoms with E-state index in [2.05, 4.69) is 24.3 Å². The van der Waals surface area contributed by atoms with Crippen molar-refractivity contribution in [2.45, 2.75) is 64.8 Å². The third-order valence-corrected chi connectivity index (χ3v) is 8.31. The van der Waals surface area contributed by atoms with Crippen LogP contribution in [-0.4, -0.2) is 38.7 Å². The number of sulfonamides is 1. The van der Waals surface area contributed by atoms with Gasteiger partial charge in [0.1, 0.15) is 18.0 Å². The number of carbonyl (C=O) groups is 1. The molecule has 1 N–H and O–H groups in total. The molecule has 0 spiro atoms. The number of rotatable bonds is 8. The Bertz CT molecular complexity index is 1010. The standard InChI is InChI=1S/C23H33N3O5S/c1-6-30-20-12-10-19(11-13-20)26(32(28,29)23-17(4)25-31-18(23)5)14-22(27)24-21-9-7-8-15(2)16(21)3/h10-13,15-16,21H,6-9,14H2,1-5H3,(H,24,27)/t15-,16+,21-/m1/s1. The first-order valence-corrected chi connectivity index (χ1v) is 12.6. The predicted octanol–water partition coefficient (Wildman–Crippen LogP) is 3.83. The number of nitrogens with zero attached hydrogens (tertiary/aromatic N) is 2. The molecule has 32 heavy (non-hydrogen) atoms. The van der Waals surface area contributed by atoms with Gasteiger partial charge in [0.05, 0.1) is 12.3 Å². The van der Waals surface area contributed by atoms with Crippen LogP contribution in [0.2, 0.25) is 0 Å². The quantitative estimate of drug-likeness (QED) is 0.638. The maximum atomic E-state index is 13.6. The summed E-state index contributed by atoms with van der Waals surface area (Å²) in [6.45, 7) is 9.49. The summed E-state index contributed by atoms with van der Waals surface area (Å²) in [5.74, 6) is 1.34. The molecule has 1 aromatic carbocycles. The molecule has 1 fully saturated rings. The van der Waals surface area contributed by atoms with Gasteiger partial charge in [-0.1, -0.05) is 31.8 Å². The highest BCUT2D eigenvalue weighted by Gasteiger charge is 2.34. The van der Waals surface area contributed by atoms with Crippen molar-refractivity contribution in [2.24, 2.45) is 11.8 Å².